The fourth-order valence-corrected chi connectivity index (χ4v) is 20.5. The van der Waals surface area contributed by atoms with Gasteiger partial charge in [0.2, 0.25) is 5.91 Å². The van der Waals surface area contributed by atoms with Gasteiger partial charge >= 0.3 is 11.9 Å². The van der Waals surface area contributed by atoms with Crippen LogP contribution in [0.25, 0.3) is 0 Å². The molecular weight excluding hydrogens is 1100 g/mol. The Morgan fingerprint density at radius 2 is 1.71 bits per heavy atom. The number of rotatable bonds is 15. The molecular formula is C67H97N3O12S2. The number of piperidine rings is 2. The van der Waals surface area contributed by atoms with Crippen molar-refractivity contribution < 1.29 is 59.2 Å². The minimum atomic E-state index is -1.21. The normalized spacial score (nSPS) is 34.7. The summed E-state index contributed by atoms with van der Waals surface area (Å²) >= 11 is 0. The number of phenolic OH excluding ortho intramolecular Hbond substituents is 2. The number of hydrogen-bond donors (Lipinski definition) is 9. The van der Waals surface area contributed by atoms with Crippen molar-refractivity contribution in [1.82, 2.24) is 16.0 Å². The predicted octanol–water partition coefficient (Wildman–Crippen LogP) is 9.22. The number of phenols is 2. The van der Waals surface area contributed by atoms with E-state index >= 15 is 4.79 Å². The molecule has 1 spiro atoms. The first-order valence-electron chi connectivity index (χ1n) is 32.2. The predicted molar refractivity (Wildman–Crippen MR) is 327 cm³/mol. The summed E-state index contributed by atoms with van der Waals surface area (Å²) in [6, 6.07) is 10.8. The summed E-state index contributed by atoms with van der Waals surface area (Å²) in [6.45, 7) is 7.96. The molecule has 0 bridgehead atoms. The Bertz CT molecular complexity index is 2630. The number of ether oxygens (including phenoxy) is 3. The van der Waals surface area contributed by atoms with Gasteiger partial charge in [-0.1, -0.05) is 78.3 Å². The fraction of sp³-hybridized carbons (Fsp3) is 0.746. The molecule has 4 heterocycles. The molecule has 2 aromatic rings. The lowest BCUT2D eigenvalue weighted by molar-refractivity contribution is -0.183. The molecule has 8 aliphatic rings. The van der Waals surface area contributed by atoms with Crippen molar-refractivity contribution in [3.05, 3.63) is 53.1 Å². The Kier molecular flexibility index (Phi) is 20.9. The Morgan fingerprint density at radius 3 is 2.46 bits per heavy atom. The minimum absolute atomic E-state index is 0.0290. The third-order valence-electron chi connectivity index (χ3n) is 21.9. The summed E-state index contributed by atoms with van der Waals surface area (Å²) < 4.78 is 20.9. The largest absolute Gasteiger partial charge is 0.508 e. The number of esters is 2. The molecule has 5 fully saturated rings. The van der Waals surface area contributed by atoms with Crippen LogP contribution in [0.1, 0.15) is 184 Å². The van der Waals surface area contributed by atoms with Gasteiger partial charge in [-0.25, -0.2) is 4.79 Å². The molecule has 2 aromatic carbocycles. The number of amides is 1. The number of carbonyl (C=O) groups is 3. The van der Waals surface area contributed by atoms with E-state index in [2.05, 4.69) is 34.7 Å². The van der Waals surface area contributed by atoms with Gasteiger partial charge in [-0.2, -0.15) is 0 Å². The maximum Gasteiger partial charge on any atom is 0.332 e. The Hall–Kier alpha value is -3.73. The lowest BCUT2D eigenvalue weighted by Gasteiger charge is -2.56. The van der Waals surface area contributed by atoms with Crippen LogP contribution in [0.3, 0.4) is 0 Å². The molecule has 10 rings (SSSR count). The van der Waals surface area contributed by atoms with E-state index in [1.807, 2.05) is 25.1 Å². The smallest absolute Gasteiger partial charge is 0.332 e. The van der Waals surface area contributed by atoms with Gasteiger partial charge < -0.3 is 60.8 Å². The van der Waals surface area contributed by atoms with Crippen molar-refractivity contribution in [1.29, 1.82) is 0 Å². The lowest BCUT2D eigenvalue weighted by atomic mass is 9.51. The van der Waals surface area contributed by atoms with Crippen molar-refractivity contribution in [2.24, 2.45) is 52.3 Å². The zero-order valence-corrected chi connectivity index (χ0v) is 51.8. The second kappa shape index (κ2) is 27.8. The van der Waals surface area contributed by atoms with E-state index in [1.54, 1.807) is 39.8 Å². The van der Waals surface area contributed by atoms with Gasteiger partial charge in [-0.05, 0) is 182 Å². The van der Waals surface area contributed by atoms with E-state index in [-0.39, 0.29) is 89.9 Å². The molecule has 4 aliphatic heterocycles. The molecule has 9 N–H and O–H groups in total. The molecule has 2 saturated carbocycles. The third-order valence-corrected chi connectivity index (χ3v) is 24.5. The van der Waals surface area contributed by atoms with Crippen molar-refractivity contribution in [3.8, 4) is 29.1 Å². The molecule has 4 aliphatic carbocycles. The lowest BCUT2D eigenvalue weighted by Crippen LogP contribution is -2.65. The summed E-state index contributed by atoms with van der Waals surface area (Å²) in [6.07, 6.45) is 12.0. The molecule has 17 heteroatoms. The Morgan fingerprint density at radius 1 is 0.940 bits per heavy atom. The zero-order valence-electron chi connectivity index (χ0n) is 50.1. The van der Waals surface area contributed by atoms with Gasteiger partial charge in [0, 0.05) is 97.0 Å². The standard InChI is InChI=1S/C67H97N3O12S2/c1-42(10-9-31-71)32-45(33-44-14-17-49(74)18-15-44)37-69-54-39-83-84-41-64(3,79)36-47-12-8-11-46-34-52-53(65(40-72)24-6-7-25-65)38-80-62-56(76)22-20-51(60(52)62)61(46)66(27-29-68-30-28-66)58(35-57(81-43(2)73)50(47)19-21-55(54)75)82-63(78)67-26-5-4-13-48(67)16-23-59(77)70-67/h14-15,17-18,20,22,42,45-48,50,52-55,57-58,61,68-69,71-72,74-76,79H,4-7,9-10,12-13,16,19,21,23-41H2,1-3H3,(H,70,77)/t42-,45+,46+,47-,48-,50+,52-,53-,54-,55-,57+,58-,61+,64+,67-/m1/s1. The van der Waals surface area contributed by atoms with Crippen molar-refractivity contribution in [3.63, 3.8) is 0 Å². The Balaban J connectivity index is 1.07. The third kappa shape index (κ3) is 13.9. The molecule has 15 nitrogen and oxygen atoms in total. The first-order valence-corrected chi connectivity index (χ1v) is 34.7. The maximum absolute atomic E-state index is 15.9. The monoisotopic (exact) mass is 1200 g/mol. The summed E-state index contributed by atoms with van der Waals surface area (Å²) in [5.74, 6) is 7.39. The average Bonchev–Trinajstić information content (AvgIpc) is 1.13. The molecule has 84 heavy (non-hydrogen) atoms. The molecule has 0 radical (unpaired) electrons. The van der Waals surface area contributed by atoms with Crippen molar-refractivity contribution in [2.45, 2.75) is 209 Å². The van der Waals surface area contributed by atoms with Crippen LogP contribution in [0.15, 0.2) is 36.4 Å². The molecule has 0 aromatic heterocycles. The number of benzene rings is 2. The number of nitrogens with one attached hydrogen (secondary N) is 3. The highest BCUT2D eigenvalue weighted by molar-refractivity contribution is 8.76. The van der Waals surface area contributed by atoms with Crippen LogP contribution in [0, 0.1) is 64.1 Å². The van der Waals surface area contributed by atoms with E-state index in [1.165, 1.54) is 6.92 Å². The van der Waals surface area contributed by atoms with Crippen LogP contribution in [0.2, 0.25) is 0 Å². The number of fused-ring (bicyclic) bond motifs is 5. The van der Waals surface area contributed by atoms with Crippen LogP contribution in [0.4, 0.5) is 0 Å². The molecule has 15 atom stereocenters. The number of carbonyl (C=O) groups excluding carboxylic acids is 3. The van der Waals surface area contributed by atoms with Crippen molar-refractivity contribution in [2.75, 3.05) is 51.0 Å². The highest BCUT2D eigenvalue weighted by Gasteiger charge is 2.61. The van der Waals surface area contributed by atoms with E-state index in [9.17, 15) is 40.2 Å². The van der Waals surface area contributed by atoms with Gasteiger partial charge in [-0.15, -0.1) is 5.92 Å². The quantitative estimate of drug-likeness (QED) is 0.0459. The van der Waals surface area contributed by atoms with Crippen LogP contribution in [-0.4, -0.2) is 135 Å². The van der Waals surface area contributed by atoms with Crippen LogP contribution in [0.5, 0.6) is 17.2 Å². The van der Waals surface area contributed by atoms with Gasteiger partial charge in [0.05, 0.1) is 18.3 Å². The molecule has 1 amide bonds. The fourth-order valence-electron chi connectivity index (χ4n) is 17.7. The maximum atomic E-state index is 15.9. The highest BCUT2D eigenvalue weighted by atomic mass is 33.1. The highest BCUT2D eigenvalue weighted by Crippen LogP contribution is 2.65. The molecule has 3 saturated heterocycles. The minimum Gasteiger partial charge on any atom is -0.508 e. The first-order chi connectivity index (χ1) is 40.5. The van der Waals surface area contributed by atoms with E-state index < -0.39 is 52.7 Å². The molecule has 464 valence electrons. The second-order valence-electron chi connectivity index (χ2n) is 27.5. The Labute approximate surface area is 506 Å². The van der Waals surface area contributed by atoms with E-state index in [4.69, 9.17) is 14.2 Å². The van der Waals surface area contributed by atoms with Crippen LogP contribution in [-0.2, 0) is 30.3 Å². The average molecular weight is 1200 g/mol. The van der Waals surface area contributed by atoms with Gasteiger partial charge in [-0.3, -0.25) is 9.59 Å². The van der Waals surface area contributed by atoms with Gasteiger partial charge in [0.1, 0.15) is 23.5 Å². The summed E-state index contributed by atoms with van der Waals surface area (Å²) in [4.78, 5) is 43.4. The molecule has 0 unspecified atom stereocenters. The number of aliphatic hydroxyl groups is 4. The van der Waals surface area contributed by atoms with E-state index in [0.717, 1.165) is 87.3 Å². The topological polar surface area (TPSA) is 236 Å². The van der Waals surface area contributed by atoms with Gasteiger partial charge in [0.15, 0.2) is 11.5 Å². The van der Waals surface area contributed by atoms with Crippen LogP contribution >= 0.6 is 21.6 Å². The van der Waals surface area contributed by atoms with Gasteiger partial charge in [0.25, 0.3) is 0 Å². The number of hydrogen-bond acceptors (Lipinski definition) is 16. The summed E-state index contributed by atoms with van der Waals surface area (Å²) in [5.41, 5.74) is -0.460. The zero-order chi connectivity index (χ0) is 59.2. The SMILES string of the molecule is CC(=O)O[C@H]1C[C@@H](OC(=O)[C@@]23CCCC[C@@H]2CCC(=O)N3)C2(CCNCC2)[C@@H]2c3ccc(O)c4c3[C@H](C[C@@H]2C#CC[C@@H]2C[C@](C)(O)CSSC[C@@H](NC[C@H](Cc3ccc(O)cc3)C[C@H](C)CCCO)[C@H](O)CC[C@@H]21)[C@H](C1(CO)CCCC1)CO4. The summed E-state index contributed by atoms with van der Waals surface area (Å²) in [5, 5.41) is 78.8. The van der Waals surface area contributed by atoms with Crippen LogP contribution < -0.4 is 20.7 Å². The van der Waals surface area contributed by atoms with E-state index in [0.29, 0.717) is 114 Å². The number of aromatic hydroxyl groups is 2. The first kappa shape index (κ1) is 63.3. The van der Waals surface area contributed by atoms with Crippen molar-refractivity contribution >= 4 is 39.4 Å². The number of aliphatic hydroxyl groups excluding tert-OH is 3. The second-order valence-corrected chi connectivity index (χ2v) is 30.1. The summed E-state index contributed by atoms with van der Waals surface area (Å²) in [7, 11) is 3.24.